The average Bonchev–Trinajstić information content (AvgIpc) is 2.47. The van der Waals surface area contributed by atoms with Crippen molar-refractivity contribution in [1.29, 1.82) is 0 Å². The van der Waals surface area contributed by atoms with Crippen LogP contribution in [0.4, 0.5) is 11.4 Å². The van der Waals surface area contributed by atoms with E-state index in [1.165, 1.54) is 0 Å². The minimum Gasteiger partial charge on any atom is -0.324 e. The topological polar surface area (TPSA) is 66.5 Å². The van der Waals surface area contributed by atoms with Gasteiger partial charge < -0.3 is 5.32 Å². The molecule has 7 heteroatoms. The number of hydrogen-bond acceptors (Lipinski definition) is 3. The minimum atomic E-state index is -3.56. The van der Waals surface area contributed by atoms with Crippen LogP contribution < -0.4 is 9.62 Å². The Hall–Kier alpha value is -1.86. The number of rotatable bonds is 5. The Morgan fingerprint density at radius 2 is 1.83 bits per heavy atom. The van der Waals surface area contributed by atoms with E-state index < -0.39 is 15.9 Å². The molecular formula is C16H17BrN2O3S. The summed E-state index contributed by atoms with van der Waals surface area (Å²) in [7, 11) is -3.56. The molecule has 1 amide bonds. The first-order valence-corrected chi connectivity index (χ1v) is 9.50. The molecule has 0 saturated carbocycles. The lowest BCUT2D eigenvalue weighted by molar-refractivity contribution is -0.114. The highest BCUT2D eigenvalue weighted by Crippen LogP contribution is 2.21. The second kappa shape index (κ2) is 7.14. The highest BCUT2D eigenvalue weighted by molar-refractivity contribution is 9.10. The Morgan fingerprint density at radius 1 is 1.17 bits per heavy atom. The van der Waals surface area contributed by atoms with Gasteiger partial charge in [-0.3, -0.25) is 9.10 Å². The largest absolute Gasteiger partial charge is 0.324 e. The monoisotopic (exact) mass is 396 g/mol. The van der Waals surface area contributed by atoms with Gasteiger partial charge in [0.15, 0.2) is 0 Å². The van der Waals surface area contributed by atoms with Gasteiger partial charge in [0.05, 0.1) is 11.9 Å². The number of nitrogens with one attached hydrogen (secondary N) is 1. The van der Waals surface area contributed by atoms with Crippen molar-refractivity contribution in [3.05, 3.63) is 58.6 Å². The van der Waals surface area contributed by atoms with Crippen LogP contribution in [-0.4, -0.2) is 27.1 Å². The van der Waals surface area contributed by atoms with Gasteiger partial charge in [0.1, 0.15) is 6.54 Å². The van der Waals surface area contributed by atoms with Crippen molar-refractivity contribution >= 4 is 43.2 Å². The molecule has 0 aliphatic heterocycles. The molecule has 0 atom stereocenters. The third-order valence-electron chi connectivity index (χ3n) is 3.19. The van der Waals surface area contributed by atoms with Crippen LogP contribution in [0.2, 0.25) is 0 Å². The summed E-state index contributed by atoms with van der Waals surface area (Å²) in [5.41, 5.74) is 2.00. The fourth-order valence-corrected chi connectivity index (χ4v) is 3.41. The van der Waals surface area contributed by atoms with Gasteiger partial charge in [-0.1, -0.05) is 34.1 Å². The average molecular weight is 397 g/mol. The summed E-state index contributed by atoms with van der Waals surface area (Å²) in [6, 6.07) is 14.0. The molecule has 0 unspecified atom stereocenters. The first kappa shape index (κ1) is 17.5. The lowest BCUT2D eigenvalue weighted by atomic mass is 10.2. The van der Waals surface area contributed by atoms with Gasteiger partial charge in [0.2, 0.25) is 15.9 Å². The van der Waals surface area contributed by atoms with Gasteiger partial charge in [0, 0.05) is 10.2 Å². The van der Waals surface area contributed by atoms with E-state index in [2.05, 4.69) is 21.2 Å². The number of anilines is 2. The van der Waals surface area contributed by atoms with Crippen LogP contribution >= 0.6 is 15.9 Å². The molecule has 0 saturated heterocycles. The van der Waals surface area contributed by atoms with Crippen molar-refractivity contribution in [2.75, 3.05) is 22.4 Å². The molecule has 0 fully saturated rings. The van der Waals surface area contributed by atoms with Crippen molar-refractivity contribution in [3.63, 3.8) is 0 Å². The van der Waals surface area contributed by atoms with Gasteiger partial charge in [-0.25, -0.2) is 8.42 Å². The van der Waals surface area contributed by atoms with Gasteiger partial charge in [0.25, 0.3) is 0 Å². The van der Waals surface area contributed by atoms with E-state index in [0.717, 1.165) is 20.6 Å². The van der Waals surface area contributed by atoms with Crippen LogP contribution in [0.25, 0.3) is 0 Å². The number of halogens is 1. The zero-order chi connectivity index (χ0) is 17.0. The number of sulfonamides is 1. The Labute approximate surface area is 144 Å². The summed E-state index contributed by atoms with van der Waals surface area (Å²) in [4.78, 5) is 12.3. The van der Waals surface area contributed by atoms with Crippen molar-refractivity contribution in [2.24, 2.45) is 0 Å². The lowest BCUT2D eigenvalue weighted by Gasteiger charge is -2.22. The van der Waals surface area contributed by atoms with Crippen LogP contribution in [0.1, 0.15) is 5.56 Å². The van der Waals surface area contributed by atoms with E-state index >= 15 is 0 Å². The summed E-state index contributed by atoms with van der Waals surface area (Å²) >= 11 is 3.36. The Kier molecular flexibility index (Phi) is 5.43. The molecule has 0 radical (unpaired) electrons. The molecule has 0 spiro atoms. The molecule has 5 nitrogen and oxygen atoms in total. The number of para-hydroxylation sites is 1. The molecule has 0 heterocycles. The number of nitrogens with zero attached hydrogens (tertiary/aromatic N) is 1. The summed E-state index contributed by atoms with van der Waals surface area (Å²) in [6.45, 7) is 1.59. The number of hydrogen-bond donors (Lipinski definition) is 1. The molecule has 0 aliphatic rings. The van der Waals surface area contributed by atoms with E-state index in [1.54, 1.807) is 36.4 Å². The summed E-state index contributed by atoms with van der Waals surface area (Å²) < 4.78 is 25.9. The van der Waals surface area contributed by atoms with E-state index in [1.807, 2.05) is 19.1 Å². The van der Waals surface area contributed by atoms with Gasteiger partial charge in [-0.15, -0.1) is 0 Å². The number of carbonyl (C=O) groups excluding carboxylic acids is 1. The summed E-state index contributed by atoms with van der Waals surface area (Å²) in [5.74, 6) is -0.398. The van der Waals surface area contributed by atoms with E-state index in [4.69, 9.17) is 0 Å². The fourth-order valence-electron chi connectivity index (χ4n) is 2.08. The maximum Gasteiger partial charge on any atom is 0.245 e. The number of amides is 1. The Balaban J connectivity index is 2.19. The molecule has 2 aromatic rings. The first-order chi connectivity index (χ1) is 10.8. The first-order valence-electron chi connectivity index (χ1n) is 6.86. The van der Waals surface area contributed by atoms with E-state index in [0.29, 0.717) is 11.4 Å². The zero-order valence-corrected chi connectivity index (χ0v) is 15.2. The normalized spacial score (nSPS) is 11.1. The van der Waals surface area contributed by atoms with Crippen LogP contribution in [0.15, 0.2) is 53.0 Å². The Bertz CT molecular complexity index is 807. The van der Waals surface area contributed by atoms with Crippen molar-refractivity contribution in [3.8, 4) is 0 Å². The minimum absolute atomic E-state index is 0.279. The summed E-state index contributed by atoms with van der Waals surface area (Å²) in [5, 5.41) is 2.74. The van der Waals surface area contributed by atoms with Crippen LogP contribution in [0.5, 0.6) is 0 Å². The third-order valence-corrected chi connectivity index (χ3v) is 4.83. The maximum atomic E-state index is 12.3. The van der Waals surface area contributed by atoms with Crippen LogP contribution in [0.3, 0.4) is 0 Å². The molecule has 0 bridgehead atoms. The van der Waals surface area contributed by atoms with Crippen LogP contribution in [-0.2, 0) is 14.8 Å². The number of aryl methyl sites for hydroxylation is 1. The second-order valence-corrected chi connectivity index (χ2v) is 7.94. The fraction of sp³-hybridized carbons (Fsp3) is 0.188. The van der Waals surface area contributed by atoms with Gasteiger partial charge in [-0.05, 0) is 42.8 Å². The predicted octanol–water partition coefficient (Wildman–Crippen LogP) is 3.16. The van der Waals surface area contributed by atoms with E-state index in [9.17, 15) is 13.2 Å². The number of benzene rings is 2. The van der Waals surface area contributed by atoms with Gasteiger partial charge in [-0.2, -0.15) is 0 Å². The molecule has 1 N–H and O–H groups in total. The van der Waals surface area contributed by atoms with E-state index in [-0.39, 0.29) is 6.54 Å². The van der Waals surface area contributed by atoms with Crippen LogP contribution in [0, 0.1) is 6.92 Å². The second-order valence-electron chi connectivity index (χ2n) is 5.11. The Morgan fingerprint density at radius 3 is 2.39 bits per heavy atom. The predicted molar refractivity (Wildman–Crippen MR) is 96.1 cm³/mol. The molecule has 2 aromatic carbocycles. The smallest absolute Gasteiger partial charge is 0.245 e. The molecule has 0 aliphatic carbocycles. The summed E-state index contributed by atoms with van der Waals surface area (Å²) in [6.07, 6.45) is 1.08. The quantitative estimate of drug-likeness (QED) is 0.843. The third kappa shape index (κ3) is 4.80. The SMILES string of the molecule is Cc1cc(Br)ccc1NC(=O)CN(c1ccccc1)S(C)(=O)=O. The van der Waals surface area contributed by atoms with Crippen molar-refractivity contribution < 1.29 is 13.2 Å². The zero-order valence-electron chi connectivity index (χ0n) is 12.8. The van der Waals surface area contributed by atoms with Crippen molar-refractivity contribution in [1.82, 2.24) is 0 Å². The molecule has 2 rings (SSSR count). The highest BCUT2D eigenvalue weighted by atomic mass is 79.9. The molecular weight excluding hydrogens is 380 g/mol. The van der Waals surface area contributed by atoms with Crippen molar-refractivity contribution in [2.45, 2.75) is 6.92 Å². The molecule has 122 valence electrons. The maximum absolute atomic E-state index is 12.3. The number of carbonyl (C=O) groups is 1. The van der Waals surface area contributed by atoms with Gasteiger partial charge >= 0.3 is 0 Å². The molecule has 23 heavy (non-hydrogen) atoms. The molecule has 0 aromatic heterocycles. The lowest BCUT2D eigenvalue weighted by Crippen LogP contribution is -2.37. The standard InChI is InChI=1S/C16H17BrN2O3S/c1-12-10-13(17)8-9-15(12)18-16(20)11-19(23(2,21)22)14-6-4-3-5-7-14/h3-10H,11H2,1-2H3,(H,18,20). The highest BCUT2D eigenvalue weighted by Gasteiger charge is 2.20.